The SMILES string of the molecule is CCN1C[C@H](CNc2cc(C)nc3ccccc23)CC[C@H]1CNS(=O)(=O)c1ccccc1. The molecule has 4 rings (SSSR count). The molecule has 1 aliphatic heterocycles. The minimum absolute atomic E-state index is 0.221. The van der Waals surface area contributed by atoms with Gasteiger partial charge in [-0.2, -0.15) is 0 Å². The van der Waals surface area contributed by atoms with Gasteiger partial charge in [-0.15, -0.1) is 0 Å². The number of aromatic nitrogens is 1. The summed E-state index contributed by atoms with van der Waals surface area (Å²) in [6.07, 6.45) is 2.05. The van der Waals surface area contributed by atoms with Gasteiger partial charge in [0, 0.05) is 42.4 Å². The van der Waals surface area contributed by atoms with Crippen molar-refractivity contribution >= 4 is 26.6 Å². The number of nitrogens with zero attached hydrogens (tertiary/aromatic N) is 2. The molecule has 2 heterocycles. The van der Waals surface area contributed by atoms with Gasteiger partial charge in [0.05, 0.1) is 10.4 Å². The third kappa shape index (κ3) is 5.28. The van der Waals surface area contributed by atoms with Crippen molar-refractivity contribution in [1.82, 2.24) is 14.6 Å². The number of hydrogen-bond donors (Lipinski definition) is 2. The zero-order valence-corrected chi connectivity index (χ0v) is 19.6. The van der Waals surface area contributed by atoms with Crippen molar-refractivity contribution in [1.29, 1.82) is 0 Å². The lowest BCUT2D eigenvalue weighted by Crippen LogP contribution is -2.49. The summed E-state index contributed by atoms with van der Waals surface area (Å²) in [7, 11) is -3.47. The highest BCUT2D eigenvalue weighted by Crippen LogP contribution is 2.26. The lowest BCUT2D eigenvalue weighted by molar-refractivity contribution is 0.120. The van der Waals surface area contributed by atoms with E-state index in [1.807, 2.05) is 31.2 Å². The van der Waals surface area contributed by atoms with E-state index in [1.54, 1.807) is 24.3 Å². The summed E-state index contributed by atoms with van der Waals surface area (Å²) in [5.41, 5.74) is 3.16. The predicted octanol–water partition coefficient (Wildman–Crippen LogP) is 4.03. The second kappa shape index (κ2) is 9.98. The predicted molar refractivity (Wildman–Crippen MR) is 130 cm³/mol. The number of likely N-dealkylation sites (tertiary alicyclic amines) is 1. The normalized spacial score (nSPS) is 19.8. The molecule has 170 valence electrons. The van der Waals surface area contributed by atoms with Gasteiger partial charge in [0.2, 0.25) is 10.0 Å². The Kier molecular flexibility index (Phi) is 7.08. The summed E-state index contributed by atoms with van der Waals surface area (Å²) in [6, 6.07) is 19.1. The Morgan fingerprint density at radius 2 is 1.78 bits per heavy atom. The summed E-state index contributed by atoms with van der Waals surface area (Å²) >= 11 is 0. The van der Waals surface area contributed by atoms with Crippen LogP contribution in [0.2, 0.25) is 0 Å². The van der Waals surface area contributed by atoms with Crippen LogP contribution in [0.5, 0.6) is 0 Å². The van der Waals surface area contributed by atoms with Gasteiger partial charge in [-0.1, -0.05) is 43.3 Å². The first-order valence-electron chi connectivity index (χ1n) is 11.4. The molecule has 1 aromatic heterocycles. The molecule has 1 aliphatic rings. The molecule has 0 saturated carbocycles. The minimum Gasteiger partial charge on any atom is -0.384 e. The Balaban J connectivity index is 1.35. The van der Waals surface area contributed by atoms with Gasteiger partial charge in [-0.25, -0.2) is 13.1 Å². The van der Waals surface area contributed by atoms with Crippen molar-refractivity contribution in [3.05, 3.63) is 66.4 Å². The molecule has 32 heavy (non-hydrogen) atoms. The number of hydrogen-bond acceptors (Lipinski definition) is 5. The fourth-order valence-corrected chi connectivity index (χ4v) is 5.66. The van der Waals surface area contributed by atoms with Crippen molar-refractivity contribution in [2.75, 3.05) is 31.5 Å². The number of sulfonamides is 1. The van der Waals surface area contributed by atoms with E-state index >= 15 is 0 Å². The first-order chi connectivity index (χ1) is 15.5. The smallest absolute Gasteiger partial charge is 0.240 e. The molecule has 1 saturated heterocycles. The second-order valence-corrected chi connectivity index (χ2v) is 10.3. The average Bonchev–Trinajstić information content (AvgIpc) is 2.82. The van der Waals surface area contributed by atoms with Gasteiger partial charge in [0.1, 0.15) is 0 Å². The second-order valence-electron chi connectivity index (χ2n) is 8.56. The topological polar surface area (TPSA) is 74.3 Å². The van der Waals surface area contributed by atoms with Crippen molar-refractivity contribution < 1.29 is 8.42 Å². The number of likely N-dealkylation sites (N-methyl/N-ethyl adjacent to an activating group) is 1. The molecule has 1 fully saturated rings. The van der Waals surface area contributed by atoms with Gasteiger partial charge >= 0.3 is 0 Å². The fraction of sp³-hybridized carbons (Fsp3) is 0.400. The molecule has 0 unspecified atom stereocenters. The summed E-state index contributed by atoms with van der Waals surface area (Å²) in [5, 5.41) is 4.80. The quantitative estimate of drug-likeness (QED) is 0.540. The molecule has 0 aliphatic carbocycles. The van der Waals surface area contributed by atoms with Gasteiger partial charge in [0.15, 0.2) is 0 Å². The summed E-state index contributed by atoms with van der Waals surface area (Å²) < 4.78 is 28.0. The Morgan fingerprint density at radius 1 is 1.03 bits per heavy atom. The van der Waals surface area contributed by atoms with E-state index in [0.29, 0.717) is 17.4 Å². The molecule has 0 radical (unpaired) electrons. The van der Waals surface area contributed by atoms with Crippen LogP contribution in [0.1, 0.15) is 25.5 Å². The molecule has 6 nitrogen and oxygen atoms in total. The number of piperidine rings is 1. The number of anilines is 1. The zero-order valence-electron chi connectivity index (χ0n) is 18.8. The lowest BCUT2D eigenvalue weighted by atomic mass is 9.92. The summed E-state index contributed by atoms with van der Waals surface area (Å²) in [5.74, 6) is 0.518. The third-order valence-corrected chi connectivity index (χ3v) is 7.75. The van der Waals surface area contributed by atoms with Crippen molar-refractivity contribution in [2.45, 2.75) is 37.6 Å². The summed E-state index contributed by atoms with van der Waals surface area (Å²) in [6.45, 7) is 7.38. The van der Waals surface area contributed by atoms with Crippen molar-refractivity contribution in [3.63, 3.8) is 0 Å². The fourth-order valence-electron chi connectivity index (χ4n) is 4.56. The molecular weight excluding hydrogens is 420 g/mol. The number of aryl methyl sites for hydroxylation is 1. The number of pyridine rings is 1. The van der Waals surface area contributed by atoms with E-state index in [2.05, 4.69) is 39.0 Å². The standard InChI is InChI=1S/C25H32N4O2S/c1-3-29-18-20(16-26-25-15-19(2)28-24-12-8-7-11-23(24)25)13-14-21(29)17-27-32(30,31)22-9-5-4-6-10-22/h4-12,15,20-21,27H,3,13-14,16-18H2,1-2H3,(H,26,28)/t20-,21-/m0/s1. The van der Waals surface area contributed by atoms with Crippen LogP contribution in [-0.4, -0.2) is 50.5 Å². The van der Waals surface area contributed by atoms with Gasteiger partial charge in [-0.05, 0) is 56.5 Å². The molecular formula is C25H32N4O2S. The molecule has 2 atom stereocenters. The highest BCUT2D eigenvalue weighted by Gasteiger charge is 2.28. The maximum absolute atomic E-state index is 12.6. The molecule has 0 spiro atoms. The Hall–Kier alpha value is -2.48. The number of nitrogens with one attached hydrogen (secondary N) is 2. The monoisotopic (exact) mass is 452 g/mol. The van der Waals surface area contributed by atoms with E-state index in [1.165, 1.54) is 0 Å². The number of fused-ring (bicyclic) bond motifs is 1. The van der Waals surface area contributed by atoms with Crippen LogP contribution in [0.15, 0.2) is 65.6 Å². The first kappa shape index (κ1) is 22.7. The van der Waals surface area contributed by atoms with Crippen LogP contribution in [-0.2, 0) is 10.0 Å². The van der Waals surface area contributed by atoms with Crippen LogP contribution in [0.3, 0.4) is 0 Å². The van der Waals surface area contributed by atoms with E-state index in [0.717, 1.165) is 54.8 Å². The highest BCUT2D eigenvalue weighted by molar-refractivity contribution is 7.89. The van der Waals surface area contributed by atoms with Gasteiger partial charge in [0.25, 0.3) is 0 Å². The first-order valence-corrected chi connectivity index (χ1v) is 12.8. The number of para-hydroxylation sites is 1. The van der Waals surface area contributed by atoms with Crippen molar-refractivity contribution in [3.8, 4) is 0 Å². The van der Waals surface area contributed by atoms with Gasteiger partial charge < -0.3 is 5.32 Å². The Labute approximate surface area is 191 Å². The van der Waals surface area contributed by atoms with E-state index in [9.17, 15) is 8.42 Å². The maximum atomic E-state index is 12.6. The molecule has 3 aromatic rings. The van der Waals surface area contributed by atoms with Crippen LogP contribution in [0.25, 0.3) is 10.9 Å². The number of benzene rings is 2. The summed E-state index contributed by atoms with van der Waals surface area (Å²) in [4.78, 5) is 7.35. The molecule has 2 N–H and O–H groups in total. The molecule has 0 bridgehead atoms. The molecule has 2 aromatic carbocycles. The van der Waals surface area contributed by atoms with E-state index < -0.39 is 10.0 Å². The Bertz CT molecular complexity index is 1150. The average molecular weight is 453 g/mol. The molecule has 0 amide bonds. The van der Waals surface area contributed by atoms with Crippen LogP contribution in [0, 0.1) is 12.8 Å². The van der Waals surface area contributed by atoms with Gasteiger partial charge in [-0.3, -0.25) is 9.88 Å². The largest absolute Gasteiger partial charge is 0.384 e. The number of rotatable bonds is 8. The van der Waals surface area contributed by atoms with Crippen LogP contribution in [0.4, 0.5) is 5.69 Å². The zero-order chi connectivity index (χ0) is 22.6. The van der Waals surface area contributed by atoms with E-state index in [-0.39, 0.29) is 6.04 Å². The van der Waals surface area contributed by atoms with Crippen LogP contribution < -0.4 is 10.0 Å². The molecule has 7 heteroatoms. The van der Waals surface area contributed by atoms with Crippen molar-refractivity contribution in [2.24, 2.45) is 5.92 Å². The maximum Gasteiger partial charge on any atom is 0.240 e. The highest BCUT2D eigenvalue weighted by atomic mass is 32.2. The van der Waals surface area contributed by atoms with E-state index in [4.69, 9.17) is 0 Å². The Morgan fingerprint density at radius 3 is 2.56 bits per heavy atom. The minimum atomic E-state index is -3.47. The lowest BCUT2D eigenvalue weighted by Gasteiger charge is -2.39. The third-order valence-electron chi connectivity index (χ3n) is 6.31. The van der Waals surface area contributed by atoms with Crippen LogP contribution >= 0.6 is 0 Å².